The summed E-state index contributed by atoms with van der Waals surface area (Å²) in [4.78, 5) is 13.0. The van der Waals surface area contributed by atoms with Crippen molar-refractivity contribution in [2.75, 3.05) is 0 Å². The van der Waals surface area contributed by atoms with Crippen molar-refractivity contribution < 1.29 is 0 Å². The second-order valence-electron chi connectivity index (χ2n) is 7.65. The van der Waals surface area contributed by atoms with Crippen molar-refractivity contribution in [1.29, 1.82) is 0 Å². The van der Waals surface area contributed by atoms with E-state index in [0.29, 0.717) is 16.5 Å². The van der Waals surface area contributed by atoms with Crippen LogP contribution >= 0.6 is 23.4 Å². The molecule has 0 aliphatic carbocycles. The number of halogens is 1. The summed E-state index contributed by atoms with van der Waals surface area (Å²) < 4.78 is 4.45. The quantitative estimate of drug-likeness (QED) is 0.317. The van der Waals surface area contributed by atoms with E-state index in [2.05, 4.69) is 51.8 Å². The SMILES string of the molecule is Cc1ccc(CSc2nnc(Cn3nnn(-c4ccc(Cl)cc4)c3=O)n2-c2ccccc2)cc1. The Balaban J connectivity index is 1.45. The molecular weight excluding hydrogens is 470 g/mol. The van der Waals surface area contributed by atoms with Crippen molar-refractivity contribution >= 4 is 23.4 Å². The molecule has 0 radical (unpaired) electrons. The predicted octanol–water partition coefficient (Wildman–Crippen LogP) is 4.31. The van der Waals surface area contributed by atoms with Crippen molar-refractivity contribution in [3.63, 3.8) is 0 Å². The van der Waals surface area contributed by atoms with Crippen LogP contribution in [0.1, 0.15) is 17.0 Å². The first-order valence-corrected chi connectivity index (χ1v) is 11.9. The molecule has 0 saturated carbocycles. The number of hydrogen-bond acceptors (Lipinski definition) is 6. The molecule has 0 amide bonds. The minimum atomic E-state index is -0.376. The number of thioether (sulfide) groups is 1. The zero-order valence-electron chi connectivity index (χ0n) is 18.2. The molecule has 5 rings (SSSR count). The van der Waals surface area contributed by atoms with E-state index in [9.17, 15) is 4.79 Å². The number of rotatable bonds is 7. The molecule has 0 unspecified atom stereocenters. The maximum Gasteiger partial charge on any atom is 0.368 e. The van der Waals surface area contributed by atoms with Gasteiger partial charge in [-0.25, -0.2) is 4.79 Å². The summed E-state index contributed by atoms with van der Waals surface area (Å²) in [5, 5.41) is 18.2. The smallest absolute Gasteiger partial charge is 0.272 e. The van der Waals surface area contributed by atoms with Crippen molar-refractivity contribution in [3.8, 4) is 11.4 Å². The molecule has 3 aromatic carbocycles. The van der Waals surface area contributed by atoms with Gasteiger partial charge in [-0.3, -0.25) is 4.57 Å². The summed E-state index contributed by atoms with van der Waals surface area (Å²) in [6.45, 7) is 2.19. The van der Waals surface area contributed by atoms with Gasteiger partial charge in [-0.1, -0.05) is 71.4 Å². The Morgan fingerprint density at radius 3 is 2.32 bits per heavy atom. The fourth-order valence-electron chi connectivity index (χ4n) is 3.42. The molecule has 5 aromatic rings. The van der Waals surface area contributed by atoms with E-state index < -0.39 is 0 Å². The van der Waals surface area contributed by atoms with Gasteiger partial charge in [-0.2, -0.15) is 9.36 Å². The van der Waals surface area contributed by atoms with Crippen molar-refractivity contribution in [2.24, 2.45) is 0 Å². The van der Waals surface area contributed by atoms with Gasteiger partial charge in [0.05, 0.1) is 5.69 Å². The minimum absolute atomic E-state index is 0.124. The molecule has 0 aliphatic heterocycles. The van der Waals surface area contributed by atoms with Crippen LogP contribution < -0.4 is 5.69 Å². The minimum Gasteiger partial charge on any atom is -0.272 e. The van der Waals surface area contributed by atoms with E-state index in [0.717, 1.165) is 16.6 Å². The number of benzene rings is 3. The molecule has 0 bridgehead atoms. The van der Waals surface area contributed by atoms with Crippen molar-refractivity contribution in [1.82, 2.24) is 34.6 Å². The molecule has 0 saturated heterocycles. The van der Waals surface area contributed by atoms with E-state index in [4.69, 9.17) is 11.6 Å². The fraction of sp³-hybridized carbons (Fsp3) is 0.125. The lowest BCUT2D eigenvalue weighted by Crippen LogP contribution is -2.25. The number of tetrazole rings is 1. The van der Waals surface area contributed by atoms with Crippen LogP contribution in [0, 0.1) is 6.92 Å². The van der Waals surface area contributed by atoms with Crippen LogP contribution in [0.25, 0.3) is 11.4 Å². The first-order valence-electron chi connectivity index (χ1n) is 10.6. The molecule has 10 heteroatoms. The van der Waals surface area contributed by atoms with Gasteiger partial charge in [0.15, 0.2) is 11.0 Å². The van der Waals surface area contributed by atoms with E-state index in [1.807, 2.05) is 34.9 Å². The van der Waals surface area contributed by atoms with Gasteiger partial charge in [-0.05, 0) is 59.3 Å². The number of hydrogen-bond donors (Lipinski definition) is 0. The molecule has 0 N–H and O–H groups in total. The summed E-state index contributed by atoms with van der Waals surface area (Å²) in [5.41, 5.74) is 3.54. The normalized spacial score (nSPS) is 11.1. The number of nitrogens with zero attached hydrogens (tertiary/aromatic N) is 7. The lowest BCUT2D eigenvalue weighted by atomic mass is 10.2. The van der Waals surface area contributed by atoms with Gasteiger partial charge in [0.2, 0.25) is 0 Å². The Hall–Kier alpha value is -3.69. The molecule has 34 heavy (non-hydrogen) atoms. The lowest BCUT2D eigenvalue weighted by Gasteiger charge is -2.10. The summed E-state index contributed by atoms with van der Waals surface area (Å²) in [5.74, 6) is 1.33. The van der Waals surface area contributed by atoms with Crippen LogP contribution in [-0.2, 0) is 12.3 Å². The second kappa shape index (κ2) is 9.66. The van der Waals surface area contributed by atoms with E-state index in [-0.39, 0.29) is 12.2 Å². The Morgan fingerprint density at radius 2 is 1.59 bits per heavy atom. The number of para-hydroxylation sites is 1. The highest BCUT2D eigenvalue weighted by atomic mass is 35.5. The van der Waals surface area contributed by atoms with Crippen LogP contribution in [0.2, 0.25) is 5.02 Å². The third-order valence-corrected chi connectivity index (χ3v) is 6.46. The van der Waals surface area contributed by atoms with Crippen molar-refractivity contribution in [3.05, 3.63) is 111 Å². The largest absolute Gasteiger partial charge is 0.368 e. The van der Waals surface area contributed by atoms with Crippen LogP contribution in [0.3, 0.4) is 0 Å². The molecule has 0 fully saturated rings. The summed E-state index contributed by atoms with van der Waals surface area (Å²) in [6.07, 6.45) is 0. The van der Waals surface area contributed by atoms with Crippen molar-refractivity contribution in [2.45, 2.75) is 24.4 Å². The molecule has 0 atom stereocenters. The first kappa shape index (κ1) is 22.1. The highest BCUT2D eigenvalue weighted by Gasteiger charge is 2.18. The molecule has 8 nitrogen and oxygen atoms in total. The van der Waals surface area contributed by atoms with Gasteiger partial charge < -0.3 is 0 Å². The molecule has 0 aliphatic rings. The highest BCUT2D eigenvalue weighted by molar-refractivity contribution is 7.98. The third-order valence-electron chi connectivity index (χ3n) is 5.21. The Labute approximate surface area is 204 Å². The average molecular weight is 490 g/mol. The molecule has 170 valence electrons. The lowest BCUT2D eigenvalue weighted by molar-refractivity contribution is 0.598. The molecule has 0 spiro atoms. The Morgan fingerprint density at radius 1 is 0.853 bits per heavy atom. The Bertz CT molecular complexity index is 1460. The number of aromatic nitrogens is 7. The molecule has 2 aromatic heterocycles. The average Bonchev–Trinajstić information content (AvgIpc) is 3.43. The first-order chi connectivity index (χ1) is 16.6. The van der Waals surface area contributed by atoms with E-state index >= 15 is 0 Å². The maximum absolute atomic E-state index is 13.0. The monoisotopic (exact) mass is 489 g/mol. The topological polar surface area (TPSA) is 83.4 Å². The van der Waals surface area contributed by atoms with Crippen LogP contribution in [-0.4, -0.2) is 34.6 Å². The number of aryl methyl sites for hydroxylation is 1. The zero-order valence-corrected chi connectivity index (χ0v) is 19.8. The highest BCUT2D eigenvalue weighted by Crippen LogP contribution is 2.25. The van der Waals surface area contributed by atoms with Crippen LogP contribution in [0.5, 0.6) is 0 Å². The van der Waals surface area contributed by atoms with Gasteiger partial charge in [0.1, 0.15) is 6.54 Å². The Kier molecular flexibility index (Phi) is 6.29. The molecular formula is C24H20ClN7OS. The maximum atomic E-state index is 13.0. The van der Waals surface area contributed by atoms with Gasteiger partial charge >= 0.3 is 5.69 Å². The van der Waals surface area contributed by atoms with Crippen LogP contribution in [0.4, 0.5) is 0 Å². The summed E-state index contributed by atoms with van der Waals surface area (Å²) >= 11 is 7.54. The van der Waals surface area contributed by atoms with E-state index in [1.54, 1.807) is 36.0 Å². The van der Waals surface area contributed by atoms with Gasteiger partial charge in [0, 0.05) is 16.5 Å². The summed E-state index contributed by atoms with van der Waals surface area (Å²) in [7, 11) is 0. The predicted molar refractivity (Wildman–Crippen MR) is 132 cm³/mol. The van der Waals surface area contributed by atoms with Gasteiger partial charge in [0.25, 0.3) is 0 Å². The van der Waals surface area contributed by atoms with Gasteiger partial charge in [-0.15, -0.1) is 10.2 Å². The standard InChI is InChI=1S/C24H20ClN7OS/c1-17-7-9-18(10-8-17)16-34-23-27-26-22(31(23)20-5-3-2-4-6-20)15-30-24(33)32(29-28-30)21-13-11-19(25)12-14-21/h2-14H,15-16H2,1H3. The second-order valence-corrected chi connectivity index (χ2v) is 9.03. The summed E-state index contributed by atoms with van der Waals surface area (Å²) in [6, 6.07) is 25.1. The van der Waals surface area contributed by atoms with Crippen LogP contribution in [0.15, 0.2) is 88.8 Å². The third kappa shape index (κ3) is 4.66. The zero-order chi connectivity index (χ0) is 23.5. The molecule has 2 heterocycles. The van der Waals surface area contributed by atoms with E-state index in [1.165, 1.54) is 20.5 Å². The fourth-order valence-corrected chi connectivity index (χ4v) is 4.47.